The first-order valence-corrected chi connectivity index (χ1v) is 43.4. The first-order valence-electron chi connectivity index (χ1n) is 39.6. The number of nitrogens with two attached hydrogens (primary N) is 4. The second kappa shape index (κ2) is 41.0. The van der Waals surface area contributed by atoms with Gasteiger partial charge in [0.1, 0.15) is 51.9 Å². The molecule has 0 saturated heterocycles. The number of nitrogens with one attached hydrogen (secondary N) is 4. The summed E-state index contributed by atoms with van der Waals surface area (Å²) in [6.07, 6.45) is 22.1. The molecule has 0 aliphatic rings. The van der Waals surface area contributed by atoms with E-state index in [1.54, 1.807) is 188 Å². The minimum atomic E-state index is -3.38. The van der Waals surface area contributed by atoms with Crippen molar-refractivity contribution >= 4 is 66.6 Å². The van der Waals surface area contributed by atoms with Crippen LogP contribution in [0.4, 0.5) is 27.7 Å². The third-order valence-corrected chi connectivity index (χ3v) is 22.2. The van der Waals surface area contributed by atoms with Gasteiger partial charge in [-0.2, -0.15) is 10.2 Å². The van der Waals surface area contributed by atoms with Crippen LogP contribution < -0.4 is 44.2 Å². The van der Waals surface area contributed by atoms with Crippen molar-refractivity contribution in [3.05, 3.63) is 343 Å². The highest BCUT2D eigenvalue weighted by atomic mass is 32.2. The van der Waals surface area contributed by atoms with Crippen LogP contribution in [0.1, 0.15) is 81.3 Å². The zero-order chi connectivity index (χ0) is 91.5. The summed E-state index contributed by atoms with van der Waals surface area (Å²) in [7, 11) is -3.08. The maximum Gasteiger partial charge on any atom is 0.254 e. The molecule has 14 N–H and O–H groups in total. The number of nitrogen functional groups attached to an aromatic ring is 4. The number of rotatable bonds is 24. The number of carbonyl (C=O) groups excluding carboxylic acids is 4. The lowest BCUT2D eigenvalue weighted by molar-refractivity contribution is 0.0909. The number of aliphatic hydroxyl groups is 2. The third-order valence-electron chi connectivity index (χ3n) is 20.0. The maximum absolute atomic E-state index is 14.8. The number of aromatic nitrogens is 13. The molecular weight excluding hydrogens is 1680 g/mol. The van der Waals surface area contributed by atoms with E-state index in [1.165, 1.54) is 42.6 Å². The Hall–Kier alpha value is -16.2. The van der Waals surface area contributed by atoms with Crippen molar-refractivity contribution in [1.82, 2.24) is 85.7 Å². The Kier molecular flexibility index (Phi) is 28.8. The van der Waals surface area contributed by atoms with Gasteiger partial charge >= 0.3 is 0 Å². The lowest BCUT2D eigenvalue weighted by atomic mass is 10.1. The lowest BCUT2D eigenvalue weighted by Gasteiger charge is -2.17. The number of nitrogens with zero attached hydrogens (tertiary/aromatic N) is 13. The topological polar surface area (TPSA) is 494 Å². The van der Waals surface area contributed by atoms with E-state index in [2.05, 4.69) is 76.3 Å². The molecule has 0 saturated carbocycles. The van der Waals surface area contributed by atoms with Gasteiger partial charge in [0.05, 0.1) is 113 Å². The molecule has 8 aromatic carbocycles. The average Bonchev–Trinajstić information content (AvgIpc) is 1.42. The van der Waals surface area contributed by atoms with E-state index in [4.69, 9.17) is 27.4 Å². The van der Waals surface area contributed by atoms with Crippen LogP contribution >= 0.6 is 0 Å². The van der Waals surface area contributed by atoms with Crippen LogP contribution in [0.25, 0.3) is 90.1 Å². The van der Waals surface area contributed by atoms with Crippen LogP contribution in [-0.4, -0.2) is 141 Å². The average molecular weight is 1770 g/mol. The predicted octanol–water partition coefficient (Wildman–Crippen LogP) is 12.1. The number of aryl methyl sites for hydroxylation is 3. The normalized spacial score (nSPS) is 11.5. The van der Waals surface area contributed by atoms with Crippen molar-refractivity contribution in [1.29, 1.82) is 0 Å². The van der Waals surface area contributed by atoms with Gasteiger partial charge in [-0.3, -0.25) is 33.5 Å². The van der Waals surface area contributed by atoms with Crippen molar-refractivity contribution in [3.8, 4) is 90.1 Å². The molecule has 35 heteroatoms. The smallest absolute Gasteiger partial charge is 0.254 e. The van der Waals surface area contributed by atoms with Crippen molar-refractivity contribution in [3.63, 3.8) is 0 Å². The summed E-state index contributed by atoms with van der Waals surface area (Å²) in [5.41, 5.74) is 39.5. The second-order valence-corrected chi connectivity index (χ2v) is 33.4. The van der Waals surface area contributed by atoms with E-state index in [9.17, 15) is 50.6 Å². The molecule has 0 bridgehead atoms. The molecule has 129 heavy (non-hydrogen) atoms. The van der Waals surface area contributed by atoms with Gasteiger partial charge in [-0.15, -0.1) is 0 Å². The minimum Gasteiger partial charge on any atom is -0.472 e. The number of amides is 4. The molecule has 0 unspecified atom stereocenters. The zero-order valence-electron chi connectivity index (χ0n) is 70.0. The van der Waals surface area contributed by atoms with Crippen LogP contribution in [0, 0.1) is 12.7 Å². The fourth-order valence-electron chi connectivity index (χ4n) is 13.1. The van der Waals surface area contributed by atoms with Gasteiger partial charge in [-0.25, -0.2) is 61.1 Å². The van der Waals surface area contributed by atoms with Gasteiger partial charge in [0.15, 0.2) is 19.7 Å². The van der Waals surface area contributed by atoms with Crippen molar-refractivity contribution in [2.24, 2.45) is 14.1 Å². The molecular formula is C94H86FN21O11S2. The molecule has 652 valence electrons. The van der Waals surface area contributed by atoms with Crippen LogP contribution in [0.2, 0.25) is 0 Å². The van der Waals surface area contributed by atoms with Crippen molar-refractivity contribution in [2.75, 3.05) is 48.7 Å². The Bertz CT molecular complexity index is 6940. The quantitative estimate of drug-likeness (QED) is 0.0269. The molecule has 16 rings (SSSR count). The van der Waals surface area contributed by atoms with Gasteiger partial charge in [0.2, 0.25) is 0 Å². The molecule has 2 atom stereocenters. The van der Waals surface area contributed by atoms with Gasteiger partial charge in [-0.05, 0) is 120 Å². The number of sulfone groups is 2. The summed E-state index contributed by atoms with van der Waals surface area (Å²) in [5.74, 6) is -1.24. The van der Waals surface area contributed by atoms with Gasteiger partial charge in [-0.1, -0.05) is 127 Å². The second-order valence-electron chi connectivity index (χ2n) is 29.3. The molecule has 8 aromatic heterocycles. The van der Waals surface area contributed by atoms with Crippen molar-refractivity contribution in [2.45, 2.75) is 41.9 Å². The van der Waals surface area contributed by atoms with Gasteiger partial charge in [0, 0.05) is 126 Å². The van der Waals surface area contributed by atoms with Crippen LogP contribution in [0.15, 0.2) is 301 Å². The number of furan rings is 1. The molecule has 0 aliphatic heterocycles. The fraction of sp³-hybridized carbons (Fsp3) is 0.117. The monoisotopic (exact) mass is 1770 g/mol. The van der Waals surface area contributed by atoms with E-state index < -0.39 is 43.5 Å². The number of aliphatic hydroxyl groups excluding tert-OH is 2. The molecule has 0 fully saturated rings. The highest BCUT2D eigenvalue weighted by Crippen LogP contribution is 2.33. The minimum absolute atomic E-state index is 0.0367. The third kappa shape index (κ3) is 23.2. The molecule has 8 heterocycles. The van der Waals surface area contributed by atoms with Crippen LogP contribution in [-0.2, 0) is 46.9 Å². The first-order chi connectivity index (χ1) is 62.0. The Balaban J connectivity index is 0.000000147. The fourth-order valence-corrected chi connectivity index (χ4v) is 14.5. The number of carbonyl (C=O) groups is 4. The SMILES string of the molecule is Cc1cnccc1-c1cnc(N)c(-c2ccc(C(=O)NCc3cccc(S(C)(=O)=O)c3)cc2)n1.Cn1cc(-c2cnc(N)c(-c3ccc(C(=O)NCc4cccc(S(C)(=O)=O)c4)c(F)c3)n2)cn1.Cn1cc(-c2cnc(N)c(-c3ccc(C(=O)N[C@H](CO)c4ccccc4)cc3)n2)cn1.Nc1ncc(-c2ccoc2)nc1-c1ccc(C(=O)N[C@H](CO)c2ccccc2)cc1. The standard InChI is InChI=1S/C25H23N5O3S.C23H21FN6O3S.C23H22N6O2.C23H20N4O3/c1-16-13-27-11-10-21(16)22-15-28-24(26)23(30-22)18-6-8-19(9-7-18)25(31)29-14-17-4-3-5-20(12-17)34(2,32)33;1-30-13-16(11-28-30)20-12-26-22(25)21(29-20)15-6-7-18(19(24)9-15)23(31)27-10-14-4-3-5-17(8-14)34(2,32)33;1-29-13-18(11-26-29)19-12-25-22(24)21(27-19)16-7-9-17(10-8-16)23(31)28-20(14-30)15-5-3-2-4-6-15;24-22-21(26-19(12-25-22)18-10-11-30-14-18)16-6-8-17(9-7-16)23(29)27-20(13-28)15-4-2-1-3-5-15/h3-13,15H,14H2,1-2H3,(H2,26,28)(H,29,31);3-9,11-13H,10H2,1-2H3,(H2,25,26)(H,27,31);2-13,20,30H,14H2,1H3,(H2,24,25)(H,28,31);1-12,14,20,28H,13H2,(H2,24,25)(H,27,29)/t;;2*20-/m..11/s1. The summed E-state index contributed by atoms with van der Waals surface area (Å²) in [6, 6.07) is 58.9. The molecule has 4 amide bonds. The molecule has 0 spiro atoms. The van der Waals surface area contributed by atoms with Gasteiger partial charge in [0.25, 0.3) is 23.6 Å². The van der Waals surface area contributed by atoms with E-state index in [0.717, 1.165) is 68.1 Å². The Labute approximate surface area is 740 Å². The Morgan fingerprint density at radius 1 is 0.434 bits per heavy atom. The predicted molar refractivity (Wildman–Crippen MR) is 486 cm³/mol. The first kappa shape index (κ1) is 90.5. The highest BCUT2D eigenvalue weighted by molar-refractivity contribution is 7.91. The number of hydrogen-bond acceptors (Lipinski definition) is 26. The number of pyridine rings is 1. The Morgan fingerprint density at radius 2 is 0.829 bits per heavy atom. The number of hydrogen-bond donors (Lipinski definition) is 10. The zero-order valence-corrected chi connectivity index (χ0v) is 71.6. The summed E-state index contributed by atoms with van der Waals surface area (Å²) in [5, 5.41) is 38.7. The number of anilines is 4. The van der Waals surface area contributed by atoms with Crippen molar-refractivity contribution < 1.29 is 55.0 Å². The van der Waals surface area contributed by atoms with Crippen LogP contribution in [0.5, 0.6) is 0 Å². The maximum atomic E-state index is 14.8. The molecule has 0 radical (unpaired) electrons. The summed E-state index contributed by atoms with van der Waals surface area (Å²) >= 11 is 0. The van der Waals surface area contributed by atoms with Gasteiger partial charge < -0.3 is 58.8 Å². The lowest BCUT2D eigenvalue weighted by Crippen LogP contribution is -2.30. The summed E-state index contributed by atoms with van der Waals surface area (Å²) in [4.78, 5) is 90.2. The van der Waals surface area contributed by atoms with E-state index in [0.29, 0.717) is 90.7 Å². The van der Waals surface area contributed by atoms with E-state index in [-0.39, 0.29) is 70.9 Å². The Morgan fingerprint density at radius 3 is 1.22 bits per heavy atom. The molecule has 0 aliphatic carbocycles. The summed E-state index contributed by atoms with van der Waals surface area (Å²) in [6.45, 7) is 1.80. The summed E-state index contributed by atoms with van der Waals surface area (Å²) < 4.78 is 70.1. The highest BCUT2D eigenvalue weighted by Gasteiger charge is 2.23. The molecule has 32 nitrogen and oxygen atoms in total. The van der Waals surface area contributed by atoms with Crippen LogP contribution in [0.3, 0.4) is 0 Å². The molecule has 16 aromatic rings. The van der Waals surface area contributed by atoms with E-state index in [1.807, 2.05) is 86.9 Å². The number of benzene rings is 8. The van der Waals surface area contributed by atoms with E-state index >= 15 is 0 Å². The number of halogens is 1. The largest absolute Gasteiger partial charge is 0.472 e.